The highest BCUT2D eigenvalue weighted by Crippen LogP contribution is 2.25. The van der Waals surface area contributed by atoms with Crippen molar-refractivity contribution >= 4 is 5.91 Å². The van der Waals surface area contributed by atoms with Gasteiger partial charge in [-0.15, -0.1) is 0 Å². The number of aromatic nitrogens is 4. The number of hydrogen-bond donors (Lipinski definition) is 1. The van der Waals surface area contributed by atoms with Crippen LogP contribution >= 0.6 is 0 Å². The van der Waals surface area contributed by atoms with Crippen LogP contribution in [0.3, 0.4) is 0 Å². The molecule has 0 radical (unpaired) electrons. The molecule has 7 nitrogen and oxygen atoms in total. The Kier molecular flexibility index (Phi) is 5.09. The van der Waals surface area contributed by atoms with Gasteiger partial charge in [0.05, 0.1) is 5.56 Å². The minimum Gasteiger partial charge on any atom is -0.474 e. The lowest BCUT2D eigenvalue weighted by Gasteiger charge is -2.15. The van der Waals surface area contributed by atoms with Crippen LogP contribution in [0.15, 0.2) is 55.4 Å². The second kappa shape index (κ2) is 7.99. The number of rotatable bonds is 6. The maximum Gasteiger partial charge on any atom is 0.253 e. The lowest BCUT2D eigenvalue weighted by Crippen LogP contribution is -2.24. The largest absolute Gasteiger partial charge is 0.474 e. The second-order valence-corrected chi connectivity index (χ2v) is 6.55. The Hall–Kier alpha value is -3.22. The summed E-state index contributed by atoms with van der Waals surface area (Å²) in [4.78, 5) is 25.1. The Morgan fingerprint density at radius 1 is 1.19 bits per heavy atom. The van der Waals surface area contributed by atoms with Crippen molar-refractivity contribution in [3.8, 4) is 11.7 Å². The fourth-order valence-corrected chi connectivity index (χ4v) is 3.17. The van der Waals surface area contributed by atoms with Crippen LogP contribution in [0.2, 0.25) is 0 Å². The number of nitrogens with zero attached hydrogens (tertiary/aromatic N) is 4. The van der Waals surface area contributed by atoms with Crippen molar-refractivity contribution in [1.82, 2.24) is 24.8 Å². The van der Waals surface area contributed by atoms with Gasteiger partial charge in [-0.05, 0) is 43.9 Å². The first-order valence-electron chi connectivity index (χ1n) is 9.13. The number of carbonyl (C=O) groups is 1. The van der Waals surface area contributed by atoms with Crippen molar-refractivity contribution in [2.45, 2.75) is 38.3 Å². The van der Waals surface area contributed by atoms with Crippen molar-refractivity contribution in [3.63, 3.8) is 0 Å². The van der Waals surface area contributed by atoms with E-state index in [1.54, 1.807) is 47.8 Å². The number of pyridine rings is 2. The lowest BCUT2D eigenvalue weighted by molar-refractivity contribution is 0.0950. The molecular weight excluding hydrogens is 342 g/mol. The lowest BCUT2D eigenvalue weighted by atomic mass is 10.2. The highest BCUT2D eigenvalue weighted by Gasteiger charge is 2.18. The summed E-state index contributed by atoms with van der Waals surface area (Å²) in [6.45, 7) is 0.359. The van der Waals surface area contributed by atoms with Crippen LogP contribution in [0.5, 0.6) is 5.88 Å². The number of carbonyl (C=O) groups excluding carboxylic acids is 1. The average molecular weight is 363 g/mol. The van der Waals surface area contributed by atoms with Crippen molar-refractivity contribution in [2.24, 2.45) is 0 Å². The summed E-state index contributed by atoms with van der Waals surface area (Å²) in [5.74, 6) is 1.14. The van der Waals surface area contributed by atoms with E-state index in [-0.39, 0.29) is 12.0 Å². The van der Waals surface area contributed by atoms with E-state index in [1.165, 1.54) is 12.8 Å². The van der Waals surface area contributed by atoms with Crippen molar-refractivity contribution in [2.75, 3.05) is 0 Å². The van der Waals surface area contributed by atoms with Gasteiger partial charge in [0.2, 0.25) is 5.88 Å². The molecule has 3 aromatic rings. The van der Waals surface area contributed by atoms with Crippen LogP contribution in [-0.2, 0) is 6.54 Å². The molecule has 0 aliphatic heterocycles. The van der Waals surface area contributed by atoms with Crippen molar-refractivity contribution in [3.05, 3.63) is 66.5 Å². The third-order valence-electron chi connectivity index (χ3n) is 4.65. The van der Waals surface area contributed by atoms with Gasteiger partial charge >= 0.3 is 0 Å². The first-order valence-corrected chi connectivity index (χ1v) is 9.13. The molecule has 3 aromatic heterocycles. The Labute approximate surface area is 157 Å². The third-order valence-corrected chi connectivity index (χ3v) is 4.65. The molecule has 3 heterocycles. The fourth-order valence-electron chi connectivity index (χ4n) is 3.17. The molecule has 0 bridgehead atoms. The molecule has 1 aliphatic rings. The zero-order valence-electron chi connectivity index (χ0n) is 14.9. The van der Waals surface area contributed by atoms with E-state index in [9.17, 15) is 4.79 Å². The maximum absolute atomic E-state index is 12.4. The molecule has 1 fully saturated rings. The quantitative estimate of drug-likeness (QED) is 0.728. The molecule has 7 heteroatoms. The summed E-state index contributed by atoms with van der Waals surface area (Å²) in [7, 11) is 0. The standard InChI is InChI=1S/C20H21N5O2/c26-19(15-7-8-18(23-12-15)25-11-10-21-14-25)24-13-16-4-3-9-22-20(16)27-17-5-1-2-6-17/h3-4,7-12,14,17H,1-2,5-6,13H2,(H,24,26). The summed E-state index contributed by atoms with van der Waals surface area (Å²) in [6.07, 6.45) is 13.2. The van der Waals surface area contributed by atoms with Crippen LogP contribution in [0.4, 0.5) is 0 Å². The summed E-state index contributed by atoms with van der Waals surface area (Å²) < 4.78 is 7.80. The predicted octanol–water partition coefficient (Wildman–Crippen LogP) is 2.91. The fraction of sp³-hybridized carbons (Fsp3) is 0.300. The molecule has 4 rings (SSSR count). The van der Waals surface area contributed by atoms with E-state index < -0.39 is 0 Å². The van der Waals surface area contributed by atoms with Crippen LogP contribution in [-0.4, -0.2) is 31.5 Å². The molecule has 0 saturated heterocycles. The Bertz CT molecular complexity index is 887. The van der Waals surface area contributed by atoms with E-state index in [0.717, 1.165) is 18.4 Å². The molecule has 0 aromatic carbocycles. The molecule has 0 unspecified atom stereocenters. The molecule has 1 aliphatic carbocycles. The second-order valence-electron chi connectivity index (χ2n) is 6.55. The van der Waals surface area contributed by atoms with Crippen LogP contribution in [0.1, 0.15) is 41.6 Å². The minimum atomic E-state index is -0.185. The number of hydrogen-bond acceptors (Lipinski definition) is 5. The van der Waals surface area contributed by atoms with E-state index in [2.05, 4.69) is 20.3 Å². The zero-order valence-corrected chi connectivity index (χ0v) is 14.9. The monoisotopic (exact) mass is 363 g/mol. The molecule has 1 amide bonds. The van der Waals surface area contributed by atoms with Crippen molar-refractivity contribution in [1.29, 1.82) is 0 Å². The summed E-state index contributed by atoms with van der Waals surface area (Å²) in [6, 6.07) is 7.31. The zero-order chi connectivity index (χ0) is 18.5. The molecular formula is C20H21N5O2. The van der Waals surface area contributed by atoms with Crippen molar-refractivity contribution < 1.29 is 9.53 Å². The Morgan fingerprint density at radius 3 is 2.81 bits per heavy atom. The molecule has 0 atom stereocenters. The molecule has 1 N–H and O–H groups in total. The molecule has 138 valence electrons. The number of nitrogens with one attached hydrogen (secondary N) is 1. The Morgan fingerprint density at radius 2 is 2.07 bits per heavy atom. The van der Waals surface area contributed by atoms with E-state index in [0.29, 0.717) is 23.8 Å². The first-order chi connectivity index (χ1) is 13.3. The van der Waals surface area contributed by atoms with Crippen LogP contribution in [0.25, 0.3) is 5.82 Å². The van der Waals surface area contributed by atoms with Gasteiger partial charge in [-0.25, -0.2) is 15.0 Å². The maximum atomic E-state index is 12.4. The van der Waals surface area contributed by atoms with Gasteiger partial charge in [0.1, 0.15) is 18.2 Å². The summed E-state index contributed by atoms with van der Waals surface area (Å²) >= 11 is 0. The van der Waals surface area contributed by atoms with Gasteiger partial charge in [0.15, 0.2) is 0 Å². The molecule has 1 saturated carbocycles. The SMILES string of the molecule is O=C(NCc1cccnc1OC1CCCC1)c1ccc(-n2ccnc2)nc1. The normalized spacial score (nSPS) is 14.2. The topological polar surface area (TPSA) is 81.9 Å². The summed E-state index contributed by atoms with van der Waals surface area (Å²) in [5.41, 5.74) is 1.38. The van der Waals surface area contributed by atoms with Gasteiger partial charge in [-0.1, -0.05) is 6.07 Å². The predicted molar refractivity (Wildman–Crippen MR) is 99.7 cm³/mol. The first kappa shape index (κ1) is 17.2. The minimum absolute atomic E-state index is 0.185. The van der Waals surface area contributed by atoms with Gasteiger partial charge < -0.3 is 10.1 Å². The summed E-state index contributed by atoms with van der Waals surface area (Å²) in [5, 5.41) is 2.92. The van der Waals surface area contributed by atoms with Crippen LogP contribution < -0.4 is 10.1 Å². The molecule has 27 heavy (non-hydrogen) atoms. The Balaban J connectivity index is 1.39. The van der Waals surface area contributed by atoms with E-state index in [4.69, 9.17) is 4.74 Å². The van der Waals surface area contributed by atoms with E-state index in [1.807, 2.05) is 12.1 Å². The number of ether oxygens (including phenoxy) is 1. The van der Waals surface area contributed by atoms with Crippen LogP contribution in [0, 0.1) is 0 Å². The number of imidazole rings is 1. The van der Waals surface area contributed by atoms with Gasteiger partial charge in [0, 0.05) is 36.9 Å². The van der Waals surface area contributed by atoms with Gasteiger partial charge in [0.25, 0.3) is 5.91 Å². The van der Waals surface area contributed by atoms with Gasteiger partial charge in [-0.2, -0.15) is 0 Å². The highest BCUT2D eigenvalue weighted by atomic mass is 16.5. The van der Waals surface area contributed by atoms with E-state index >= 15 is 0 Å². The van der Waals surface area contributed by atoms with Gasteiger partial charge in [-0.3, -0.25) is 9.36 Å². The number of amides is 1. The third kappa shape index (κ3) is 4.13. The smallest absolute Gasteiger partial charge is 0.253 e. The highest BCUT2D eigenvalue weighted by molar-refractivity contribution is 5.93. The average Bonchev–Trinajstić information content (AvgIpc) is 3.41. The molecule has 0 spiro atoms.